The first-order valence-electron chi connectivity index (χ1n) is 4.99. The van der Waals surface area contributed by atoms with Crippen molar-refractivity contribution in [1.29, 1.82) is 0 Å². The molecule has 4 heteroatoms. The number of pyridine rings is 1. The number of nitrogens with one attached hydrogen (secondary N) is 2. The molecule has 0 radical (unpaired) electrons. The summed E-state index contributed by atoms with van der Waals surface area (Å²) in [5, 5.41) is 3.35. The number of rotatable bonds is 4. The van der Waals surface area contributed by atoms with Crippen molar-refractivity contribution in [1.82, 2.24) is 20.3 Å². The average Bonchev–Trinajstić information content (AvgIpc) is 2.80. The average molecular weight is 202 g/mol. The Labute approximate surface area is 88.8 Å². The molecule has 15 heavy (non-hydrogen) atoms. The summed E-state index contributed by atoms with van der Waals surface area (Å²) in [4.78, 5) is 11.5. The molecule has 2 aromatic rings. The molecule has 2 N–H and O–H groups in total. The Morgan fingerprint density at radius 3 is 2.93 bits per heavy atom. The second-order valence-corrected chi connectivity index (χ2v) is 3.39. The molecule has 0 aromatic carbocycles. The number of H-pyrrole nitrogens is 1. The zero-order valence-corrected chi connectivity index (χ0v) is 8.64. The van der Waals surface area contributed by atoms with Crippen LogP contribution in [-0.2, 0) is 6.54 Å². The lowest BCUT2D eigenvalue weighted by molar-refractivity contribution is 0.550. The molecule has 0 aliphatic heterocycles. The van der Waals surface area contributed by atoms with E-state index in [0.717, 1.165) is 18.1 Å². The lowest BCUT2D eigenvalue weighted by Crippen LogP contribution is -2.19. The van der Waals surface area contributed by atoms with Gasteiger partial charge < -0.3 is 10.3 Å². The van der Waals surface area contributed by atoms with Crippen LogP contribution in [0.3, 0.4) is 0 Å². The van der Waals surface area contributed by atoms with E-state index in [9.17, 15) is 0 Å². The summed E-state index contributed by atoms with van der Waals surface area (Å²) in [6.07, 6.45) is 5.38. The van der Waals surface area contributed by atoms with Crippen LogP contribution >= 0.6 is 0 Å². The van der Waals surface area contributed by atoms with E-state index in [1.54, 1.807) is 12.4 Å². The molecule has 0 fully saturated rings. The minimum Gasteiger partial charge on any atom is -0.348 e. The maximum atomic E-state index is 4.29. The molecule has 78 valence electrons. The maximum absolute atomic E-state index is 4.29. The standard InChI is InChI=1S/C11H14N4/c1-9(10-4-2-3-5-12-10)15-8-11-13-6-7-14-11/h2-7,9,15H,8H2,1H3,(H,13,14). The fourth-order valence-corrected chi connectivity index (χ4v) is 1.38. The van der Waals surface area contributed by atoms with Crippen molar-refractivity contribution >= 4 is 0 Å². The van der Waals surface area contributed by atoms with Gasteiger partial charge in [-0.25, -0.2) is 4.98 Å². The van der Waals surface area contributed by atoms with Crippen molar-refractivity contribution in [3.63, 3.8) is 0 Å². The molecule has 0 saturated heterocycles. The van der Waals surface area contributed by atoms with Crippen molar-refractivity contribution in [2.75, 3.05) is 0 Å². The van der Waals surface area contributed by atoms with Gasteiger partial charge in [0.15, 0.2) is 0 Å². The predicted octanol–water partition coefficient (Wildman–Crippen LogP) is 1.66. The molecular weight excluding hydrogens is 188 g/mol. The largest absolute Gasteiger partial charge is 0.348 e. The van der Waals surface area contributed by atoms with E-state index in [0.29, 0.717) is 0 Å². The van der Waals surface area contributed by atoms with Crippen LogP contribution in [0.5, 0.6) is 0 Å². The summed E-state index contributed by atoms with van der Waals surface area (Å²) in [5.74, 6) is 0.942. The predicted molar refractivity (Wildman–Crippen MR) is 58.1 cm³/mol. The molecule has 0 amide bonds. The molecular formula is C11H14N4. The van der Waals surface area contributed by atoms with Crippen LogP contribution in [0.2, 0.25) is 0 Å². The lowest BCUT2D eigenvalue weighted by Gasteiger charge is -2.11. The van der Waals surface area contributed by atoms with Crippen molar-refractivity contribution in [3.05, 3.63) is 48.3 Å². The van der Waals surface area contributed by atoms with Crippen molar-refractivity contribution in [3.8, 4) is 0 Å². The molecule has 0 saturated carbocycles. The van der Waals surface area contributed by atoms with E-state index in [2.05, 4.69) is 27.2 Å². The Morgan fingerprint density at radius 1 is 1.33 bits per heavy atom. The maximum Gasteiger partial charge on any atom is 0.120 e. The summed E-state index contributed by atoms with van der Waals surface area (Å²) < 4.78 is 0. The second-order valence-electron chi connectivity index (χ2n) is 3.39. The molecule has 1 atom stereocenters. The number of hydrogen-bond acceptors (Lipinski definition) is 3. The first-order chi connectivity index (χ1) is 7.36. The number of hydrogen-bond donors (Lipinski definition) is 2. The second kappa shape index (κ2) is 4.70. The van der Waals surface area contributed by atoms with Crippen LogP contribution < -0.4 is 5.32 Å². The van der Waals surface area contributed by atoms with Gasteiger partial charge in [0.05, 0.1) is 12.2 Å². The monoisotopic (exact) mass is 202 g/mol. The van der Waals surface area contributed by atoms with Gasteiger partial charge in [0.2, 0.25) is 0 Å². The minimum atomic E-state index is 0.233. The van der Waals surface area contributed by atoms with Gasteiger partial charge in [0, 0.05) is 24.6 Å². The highest BCUT2D eigenvalue weighted by molar-refractivity contribution is 5.07. The Balaban J connectivity index is 1.90. The van der Waals surface area contributed by atoms with Crippen molar-refractivity contribution in [2.45, 2.75) is 19.5 Å². The molecule has 0 bridgehead atoms. The molecule has 4 nitrogen and oxygen atoms in total. The molecule has 1 unspecified atom stereocenters. The quantitative estimate of drug-likeness (QED) is 0.792. The molecule has 0 spiro atoms. The number of aromatic nitrogens is 3. The highest BCUT2D eigenvalue weighted by Gasteiger charge is 2.05. The van der Waals surface area contributed by atoms with Crippen LogP contribution in [0.25, 0.3) is 0 Å². The van der Waals surface area contributed by atoms with E-state index in [1.807, 2.05) is 24.4 Å². The minimum absolute atomic E-state index is 0.233. The van der Waals surface area contributed by atoms with E-state index < -0.39 is 0 Å². The fraction of sp³-hybridized carbons (Fsp3) is 0.273. The first kappa shape index (κ1) is 9.86. The van der Waals surface area contributed by atoms with Crippen LogP contribution in [-0.4, -0.2) is 15.0 Å². The molecule has 2 heterocycles. The first-order valence-corrected chi connectivity index (χ1v) is 4.99. The van der Waals surface area contributed by atoms with Gasteiger partial charge in [-0.05, 0) is 19.1 Å². The van der Waals surface area contributed by atoms with Gasteiger partial charge in [0.1, 0.15) is 5.82 Å². The summed E-state index contributed by atoms with van der Waals surface area (Å²) >= 11 is 0. The van der Waals surface area contributed by atoms with Crippen LogP contribution in [0.1, 0.15) is 24.5 Å². The highest BCUT2D eigenvalue weighted by atomic mass is 15.0. The van der Waals surface area contributed by atoms with Gasteiger partial charge in [-0.1, -0.05) is 6.07 Å². The Kier molecular flexibility index (Phi) is 3.09. The third kappa shape index (κ3) is 2.63. The van der Waals surface area contributed by atoms with E-state index in [1.165, 1.54) is 0 Å². The van der Waals surface area contributed by atoms with Gasteiger partial charge >= 0.3 is 0 Å². The number of nitrogens with zero attached hydrogens (tertiary/aromatic N) is 2. The summed E-state index contributed by atoms with van der Waals surface area (Å²) in [6.45, 7) is 2.82. The van der Waals surface area contributed by atoms with Gasteiger partial charge in [-0.15, -0.1) is 0 Å². The topological polar surface area (TPSA) is 53.6 Å². The summed E-state index contributed by atoms with van der Waals surface area (Å²) in [6, 6.07) is 6.16. The number of imidazole rings is 1. The zero-order valence-electron chi connectivity index (χ0n) is 8.64. The molecule has 0 aliphatic carbocycles. The SMILES string of the molecule is CC(NCc1ncc[nH]1)c1ccccn1. The van der Waals surface area contributed by atoms with Gasteiger partial charge in [-0.2, -0.15) is 0 Å². The normalized spacial score (nSPS) is 12.6. The van der Waals surface area contributed by atoms with Crippen LogP contribution in [0.4, 0.5) is 0 Å². The van der Waals surface area contributed by atoms with E-state index in [4.69, 9.17) is 0 Å². The zero-order chi connectivity index (χ0) is 10.5. The Bertz CT molecular complexity index is 382. The fourth-order valence-electron chi connectivity index (χ4n) is 1.38. The Hall–Kier alpha value is -1.68. The van der Waals surface area contributed by atoms with Crippen molar-refractivity contribution < 1.29 is 0 Å². The van der Waals surface area contributed by atoms with Gasteiger partial charge in [-0.3, -0.25) is 4.98 Å². The summed E-state index contributed by atoms with van der Waals surface area (Å²) in [5.41, 5.74) is 1.05. The van der Waals surface area contributed by atoms with E-state index >= 15 is 0 Å². The van der Waals surface area contributed by atoms with Crippen molar-refractivity contribution in [2.24, 2.45) is 0 Å². The number of aromatic amines is 1. The van der Waals surface area contributed by atoms with E-state index in [-0.39, 0.29) is 6.04 Å². The Morgan fingerprint density at radius 2 is 2.27 bits per heavy atom. The van der Waals surface area contributed by atoms with Gasteiger partial charge in [0.25, 0.3) is 0 Å². The van der Waals surface area contributed by atoms with Crippen LogP contribution in [0.15, 0.2) is 36.8 Å². The van der Waals surface area contributed by atoms with Crippen LogP contribution in [0, 0.1) is 0 Å². The molecule has 2 rings (SSSR count). The highest BCUT2D eigenvalue weighted by Crippen LogP contribution is 2.07. The third-order valence-corrected chi connectivity index (χ3v) is 2.26. The lowest BCUT2D eigenvalue weighted by atomic mass is 10.2. The third-order valence-electron chi connectivity index (χ3n) is 2.26. The smallest absolute Gasteiger partial charge is 0.120 e. The summed E-state index contributed by atoms with van der Waals surface area (Å²) in [7, 11) is 0. The molecule has 0 aliphatic rings. The molecule has 2 aromatic heterocycles.